The van der Waals surface area contributed by atoms with E-state index in [-0.39, 0.29) is 18.2 Å². The van der Waals surface area contributed by atoms with Crippen molar-refractivity contribution < 1.29 is 14.3 Å². The smallest absolute Gasteiger partial charge is 0.238 e. The van der Waals surface area contributed by atoms with E-state index in [1.807, 2.05) is 19.1 Å². The zero-order valence-electron chi connectivity index (χ0n) is 15.5. The Morgan fingerprint density at radius 2 is 2.00 bits per heavy atom. The van der Waals surface area contributed by atoms with Gasteiger partial charge in [-0.15, -0.1) is 0 Å². The Labute approximate surface area is 172 Å². The fourth-order valence-corrected chi connectivity index (χ4v) is 4.09. The zero-order valence-corrected chi connectivity index (χ0v) is 17.1. The van der Waals surface area contributed by atoms with E-state index in [0.717, 1.165) is 0 Å². The SMILES string of the molecule is CCN1C(=O)CC(C(=O)Nc2ccccc2Cl)SC1=Nc1ccccc1OC. The van der Waals surface area contributed by atoms with E-state index in [1.165, 1.54) is 11.8 Å². The van der Waals surface area contributed by atoms with Gasteiger partial charge in [-0.2, -0.15) is 0 Å². The van der Waals surface area contributed by atoms with Gasteiger partial charge >= 0.3 is 0 Å². The van der Waals surface area contributed by atoms with Gasteiger partial charge in [0.25, 0.3) is 0 Å². The molecule has 2 aromatic carbocycles. The van der Waals surface area contributed by atoms with Crippen LogP contribution in [0.5, 0.6) is 5.75 Å². The van der Waals surface area contributed by atoms with Crippen LogP contribution in [0.1, 0.15) is 13.3 Å². The quantitative estimate of drug-likeness (QED) is 0.786. The van der Waals surface area contributed by atoms with Crippen LogP contribution in [-0.4, -0.2) is 40.8 Å². The van der Waals surface area contributed by atoms with Gasteiger partial charge in [0.2, 0.25) is 11.8 Å². The molecule has 1 aliphatic rings. The standard InChI is InChI=1S/C20H20ClN3O3S/c1-3-24-18(25)12-17(19(26)22-14-9-5-4-8-13(14)21)28-20(24)23-15-10-6-7-11-16(15)27-2/h4-11,17H,3,12H2,1-2H3,(H,22,26). The molecule has 0 spiro atoms. The van der Waals surface area contributed by atoms with Crippen LogP contribution in [0.3, 0.4) is 0 Å². The number of amidine groups is 1. The van der Waals surface area contributed by atoms with Crippen molar-refractivity contribution in [3.63, 3.8) is 0 Å². The summed E-state index contributed by atoms with van der Waals surface area (Å²) in [6.07, 6.45) is 0.0970. The predicted molar refractivity (Wildman–Crippen MR) is 114 cm³/mol. The van der Waals surface area contributed by atoms with Crippen molar-refractivity contribution in [1.82, 2.24) is 4.90 Å². The largest absolute Gasteiger partial charge is 0.494 e. The lowest BCUT2D eigenvalue weighted by Gasteiger charge is -2.31. The van der Waals surface area contributed by atoms with Crippen LogP contribution >= 0.6 is 23.4 Å². The summed E-state index contributed by atoms with van der Waals surface area (Å²) in [5.74, 6) is 0.172. The summed E-state index contributed by atoms with van der Waals surface area (Å²) in [5, 5.41) is 3.12. The number of aliphatic imine (C=N–C) groups is 1. The van der Waals surface area contributed by atoms with Crippen LogP contribution in [0.15, 0.2) is 53.5 Å². The fourth-order valence-electron chi connectivity index (χ4n) is 2.75. The molecule has 0 radical (unpaired) electrons. The fraction of sp³-hybridized carbons (Fsp3) is 0.250. The molecule has 0 bridgehead atoms. The number of carbonyl (C=O) groups is 2. The maximum atomic E-state index is 12.7. The first-order valence-corrected chi connectivity index (χ1v) is 10.0. The molecule has 2 amide bonds. The van der Waals surface area contributed by atoms with E-state index in [9.17, 15) is 9.59 Å². The van der Waals surface area contributed by atoms with Crippen molar-refractivity contribution in [1.29, 1.82) is 0 Å². The molecule has 1 heterocycles. The number of hydrogen-bond acceptors (Lipinski definition) is 5. The molecule has 2 aromatic rings. The normalized spacial score (nSPS) is 18.2. The van der Waals surface area contributed by atoms with E-state index in [0.29, 0.717) is 33.9 Å². The maximum absolute atomic E-state index is 12.7. The highest BCUT2D eigenvalue weighted by atomic mass is 35.5. The summed E-state index contributed by atoms with van der Waals surface area (Å²) < 4.78 is 5.34. The molecular weight excluding hydrogens is 398 g/mol. The second-order valence-corrected chi connectivity index (χ2v) is 7.56. The Bertz CT molecular complexity index is 919. The minimum atomic E-state index is -0.597. The van der Waals surface area contributed by atoms with Gasteiger partial charge in [-0.1, -0.05) is 47.6 Å². The molecule has 146 valence electrons. The number of rotatable bonds is 5. The number of benzene rings is 2. The van der Waals surface area contributed by atoms with Crippen molar-refractivity contribution in [2.24, 2.45) is 4.99 Å². The maximum Gasteiger partial charge on any atom is 0.238 e. The number of nitrogens with zero attached hydrogens (tertiary/aromatic N) is 2. The van der Waals surface area contributed by atoms with Crippen LogP contribution < -0.4 is 10.1 Å². The van der Waals surface area contributed by atoms with Gasteiger partial charge in [0.1, 0.15) is 16.7 Å². The molecule has 28 heavy (non-hydrogen) atoms. The second kappa shape index (κ2) is 9.12. The number of anilines is 1. The first kappa shape index (κ1) is 20.2. The van der Waals surface area contributed by atoms with Crippen LogP contribution in [0.4, 0.5) is 11.4 Å². The minimum Gasteiger partial charge on any atom is -0.494 e. The molecule has 8 heteroatoms. The number of carbonyl (C=O) groups excluding carboxylic acids is 2. The van der Waals surface area contributed by atoms with E-state index < -0.39 is 5.25 Å². The lowest BCUT2D eigenvalue weighted by Crippen LogP contribution is -2.45. The third-order valence-electron chi connectivity index (χ3n) is 4.18. The first-order chi connectivity index (χ1) is 13.5. The van der Waals surface area contributed by atoms with Crippen LogP contribution in [0, 0.1) is 0 Å². The molecule has 3 rings (SSSR count). The van der Waals surface area contributed by atoms with Crippen LogP contribution in [-0.2, 0) is 9.59 Å². The summed E-state index contributed by atoms with van der Waals surface area (Å²) in [5.41, 5.74) is 1.12. The molecule has 0 aromatic heterocycles. The molecule has 1 atom stereocenters. The van der Waals surface area contributed by atoms with Crippen molar-refractivity contribution in [2.45, 2.75) is 18.6 Å². The summed E-state index contributed by atoms with van der Waals surface area (Å²) in [6.45, 7) is 2.35. The number of halogens is 1. The van der Waals surface area contributed by atoms with Crippen molar-refractivity contribution >= 4 is 51.7 Å². The first-order valence-electron chi connectivity index (χ1n) is 8.77. The molecular formula is C20H20ClN3O3S. The van der Waals surface area contributed by atoms with Gasteiger partial charge in [-0.05, 0) is 31.2 Å². The van der Waals surface area contributed by atoms with Gasteiger partial charge in [0.15, 0.2) is 5.17 Å². The molecule has 0 aliphatic carbocycles. The molecule has 1 fully saturated rings. The average Bonchev–Trinajstić information content (AvgIpc) is 2.70. The Hall–Kier alpha value is -2.51. The number of methoxy groups -OCH3 is 1. The summed E-state index contributed by atoms with van der Waals surface area (Å²) in [4.78, 5) is 31.5. The lowest BCUT2D eigenvalue weighted by molar-refractivity contribution is -0.129. The van der Waals surface area contributed by atoms with E-state index >= 15 is 0 Å². The van der Waals surface area contributed by atoms with E-state index in [2.05, 4.69) is 10.3 Å². The third kappa shape index (κ3) is 4.48. The lowest BCUT2D eigenvalue weighted by atomic mass is 10.2. The Kier molecular flexibility index (Phi) is 6.59. The number of nitrogens with one attached hydrogen (secondary N) is 1. The Morgan fingerprint density at radius 1 is 1.29 bits per heavy atom. The van der Waals surface area contributed by atoms with E-state index in [1.54, 1.807) is 48.4 Å². The highest BCUT2D eigenvalue weighted by Gasteiger charge is 2.35. The van der Waals surface area contributed by atoms with Crippen molar-refractivity contribution in [3.8, 4) is 5.75 Å². The van der Waals surface area contributed by atoms with E-state index in [4.69, 9.17) is 16.3 Å². The summed E-state index contributed by atoms with van der Waals surface area (Å²) >= 11 is 7.38. The molecule has 1 unspecified atom stereocenters. The minimum absolute atomic E-state index is 0.0970. The molecule has 6 nitrogen and oxygen atoms in total. The number of thioether (sulfide) groups is 1. The van der Waals surface area contributed by atoms with Gasteiger partial charge < -0.3 is 10.1 Å². The Balaban J connectivity index is 1.86. The van der Waals surface area contributed by atoms with Gasteiger partial charge in [-0.3, -0.25) is 14.5 Å². The number of ether oxygens (including phenoxy) is 1. The average molecular weight is 418 g/mol. The van der Waals surface area contributed by atoms with Crippen LogP contribution in [0.2, 0.25) is 5.02 Å². The molecule has 1 saturated heterocycles. The highest BCUT2D eigenvalue weighted by Crippen LogP contribution is 2.33. The van der Waals surface area contributed by atoms with Crippen molar-refractivity contribution in [3.05, 3.63) is 53.6 Å². The summed E-state index contributed by atoms with van der Waals surface area (Å²) in [6, 6.07) is 14.3. The number of amides is 2. The molecule has 0 saturated carbocycles. The number of hydrogen-bond donors (Lipinski definition) is 1. The predicted octanol–water partition coefficient (Wildman–Crippen LogP) is 4.33. The van der Waals surface area contributed by atoms with Crippen molar-refractivity contribution in [2.75, 3.05) is 19.0 Å². The Morgan fingerprint density at radius 3 is 2.71 bits per heavy atom. The molecule has 1 aliphatic heterocycles. The van der Waals surface area contributed by atoms with Gasteiger partial charge in [0, 0.05) is 13.0 Å². The highest BCUT2D eigenvalue weighted by molar-refractivity contribution is 8.15. The van der Waals surface area contributed by atoms with Crippen LogP contribution in [0.25, 0.3) is 0 Å². The van der Waals surface area contributed by atoms with Gasteiger partial charge in [-0.25, -0.2) is 4.99 Å². The topological polar surface area (TPSA) is 71.0 Å². The van der Waals surface area contributed by atoms with Gasteiger partial charge in [0.05, 0.1) is 17.8 Å². The molecule has 1 N–H and O–H groups in total. The second-order valence-electron chi connectivity index (χ2n) is 5.98. The third-order valence-corrected chi connectivity index (χ3v) is 5.70. The zero-order chi connectivity index (χ0) is 20.1. The number of para-hydroxylation sites is 3. The summed E-state index contributed by atoms with van der Waals surface area (Å²) in [7, 11) is 1.57. The monoisotopic (exact) mass is 417 g/mol.